The highest BCUT2D eigenvalue weighted by Gasteiger charge is 2.25. The van der Waals surface area contributed by atoms with Crippen LogP contribution in [0, 0.1) is 0 Å². The van der Waals surface area contributed by atoms with Crippen LogP contribution in [0.2, 0.25) is 0 Å². The van der Waals surface area contributed by atoms with Gasteiger partial charge in [0, 0.05) is 54.2 Å². The van der Waals surface area contributed by atoms with E-state index in [2.05, 4.69) is 244 Å². The second-order valence-corrected chi connectivity index (χ2v) is 17.9. The first-order chi connectivity index (χ1) is 34.3. The van der Waals surface area contributed by atoms with Gasteiger partial charge in [0.25, 0.3) is 0 Å². The molecule has 5 aromatic heterocycles. The smallest absolute Gasteiger partial charge is 0.168 e. The highest BCUT2D eigenvalue weighted by molar-refractivity contribution is 6.24. The lowest BCUT2D eigenvalue weighted by molar-refractivity contribution is 1.10. The number of para-hydroxylation sites is 6. The van der Waals surface area contributed by atoms with Crippen molar-refractivity contribution >= 4 is 109 Å². The van der Waals surface area contributed by atoms with Crippen LogP contribution in [0.5, 0.6) is 0 Å². The van der Waals surface area contributed by atoms with Crippen LogP contribution in [0.4, 0.5) is 0 Å². The van der Waals surface area contributed by atoms with Gasteiger partial charge in [-0.2, -0.15) is 0 Å². The molecule has 10 aromatic carbocycles. The van der Waals surface area contributed by atoms with Gasteiger partial charge in [-0.05, 0) is 82.9 Å². The molecule has 4 bridgehead atoms. The molecular formula is C63H38N6. The summed E-state index contributed by atoms with van der Waals surface area (Å²) in [4.78, 5) is 16.9. The van der Waals surface area contributed by atoms with Gasteiger partial charge in [-0.15, -0.1) is 0 Å². The van der Waals surface area contributed by atoms with E-state index in [1.54, 1.807) is 0 Å². The number of hydrogen-bond acceptors (Lipinski definition) is 3. The number of nitrogens with zero attached hydrogens (tertiary/aromatic N) is 6. The first kappa shape index (κ1) is 37.8. The van der Waals surface area contributed by atoms with E-state index in [0.717, 1.165) is 88.0 Å². The van der Waals surface area contributed by atoms with E-state index in [9.17, 15) is 0 Å². The van der Waals surface area contributed by atoms with Crippen molar-refractivity contribution in [3.8, 4) is 28.5 Å². The molecule has 0 spiro atoms. The summed E-state index contributed by atoms with van der Waals surface area (Å²) in [6.07, 6.45) is 0. The third-order valence-electron chi connectivity index (χ3n) is 14.2. The molecule has 0 atom stereocenters. The maximum absolute atomic E-state index is 5.71. The van der Waals surface area contributed by atoms with Gasteiger partial charge in [0.1, 0.15) is 0 Å². The molecule has 320 valence electrons. The van der Waals surface area contributed by atoms with Gasteiger partial charge in [0.15, 0.2) is 17.1 Å². The van der Waals surface area contributed by atoms with E-state index >= 15 is 0 Å². The monoisotopic (exact) mass is 878 g/mol. The minimum absolute atomic E-state index is 0.585. The predicted molar refractivity (Wildman–Crippen MR) is 287 cm³/mol. The summed E-state index contributed by atoms with van der Waals surface area (Å²) in [5.74, 6) is 0.585. The number of benzene rings is 10. The topological polar surface area (TPSA) is 53.5 Å². The highest BCUT2D eigenvalue weighted by atomic mass is 15.1. The van der Waals surface area contributed by atoms with Crippen molar-refractivity contribution in [1.82, 2.24) is 28.7 Å². The maximum atomic E-state index is 5.71. The number of fused-ring (bicyclic) bond motifs is 20. The van der Waals surface area contributed by atoms with E-state index in [-0.39, 0.29) is 0 Å². The molecule has 15 rings (SSSR count). The fourth-order valence-corrected chi connectivity index (χ4v) is 11.4. The number of hydrogen-bond donors (Lipinski definition) is 0. The Bertz CT molecular complexity index is 4430. The summed E-state index contributed by atoms with van der Waals surface area (Å²) >= 11 is 0. The molecule has 69 heavy (non-hydrogen) atoms. The zero-order valence-electron chi connectivity index (χ0n) is 37.1. The Morgan fingerprint density at radius 1 is 0.261 bits per heavy atom. The fraction of sp³-hybridized carbons (Fsp3) is 0. The summed E-state index contributed by atoms with van der Waals surface area (Å²) in [6.45, 7) is 0. The Hall–Kier alpha value is -9.39. The van der Waals surface area contributed by atoms with Crippen LogP contribution in [0.15, 0.2) is 231 Å². The molecule has 6 nitrogen and oxygen atoms in total. The summed E-state index contributed by atoms with van der Waals surface area (Å²) < 4.78 is 7.22. The van der Waals surface area contributed by atoms with Crippen molar-refractivity contribution in [3.63, 3.8) is 0 Å². The van der Waals surface area contributed by atoms with Gasteiger partial charge in [-0.3, -0.25) is 0 Å². The van der Waals surface area contributed by atoms with Gasteiger partial charge in [0.05, 0.1) is 50.0 Å². The summed E-state index contributed by atoms with van der Waals surface area (Å²) in [7, 11) is 0. The van der Waals surface area contributed by atoms with Gasteiger partial charge < -0.3 is 13.7 Å². The SMILES string of the molecule is c1ccc(-n2c3ccccc3c3cc4cc(c5ccccc5c5nc(-c6c(-n7c8ccccc8c8ccccc87)cccc6-n6c7ccccc7c7ccccc76)nc(n5)c5ccccc45)c32)cc1. The Balaban J connectivity index is 1.16. The Labute approximate surface area is 394 Å². The second-order valence-electron chi connectivity index (χ2n) is 17.9. The van der Waals surface area contributed by atoms with Gasteiger partial charge >= 0.3 is 0 Å². The highest BCUT2D eigenvalue weighted by Crippen LogP contribution is 2.43. The molecule has 0 aliphatic carbocycles. The van der Waals surface area contributed by atoms with E-state index < -0.39 is 0 Å². The lowest BCUT2D eigenvalue weighted by Crippen LogP contribution is -2.06. The molecule has 15 aromatic rings. The van der Waals surface area contributed by atoms with Crippen molar-refractivity contribution in [1.29, 1.82) is 0 Å². The van der Waals surface area contributed by atoms with Crippen LogP contribution in [0.1, 0.15) is 0 Å². The second kappa shape index (κ2) is 14.6. The van der Waals surface area contributed by atoms with E-state index in [4.69, 9.17) is 15.0 Å². The molecule has 0 saturated carbocycles. The quantitative estimate of drug-likeness (QED) is 0.177. The molecule has 0 fully saturated rings. The molecule has 6 heteroatoms. The van der Waals surface area contributed by atoms with Crippen molar-refractivity contribution in [2.24, 2.45) is 0 Å². The van der Waals surface area contributed by atoms with Crippen LogP contribution in [0.3, 0.4) is 0 Å². The van der Waals surface area contributed by atoms with Crippen LogP contribution in [-0.4, -0.2) is 28.7 Å². The average molecular weight is 879 g/mol. The molecule has 0 amide bonds. The van der Waals surface area contributed by atoms with Crippen LogP contribution in [-0.2, 0) is 0 Å². The third-order valence-corrected chi connectivity index (χ3v) is 14.2. The van der Waals surface area contributed by atoms with Gasteiger partial charge in [0.2, 0.25) is 0 Å². The Kier molecular flexibility index (Phi) is 7.97. The van der Waals surface area contributed by atoms with Crippen LogP contribution in [0.25, 0.3) is 137 Å². The molecular weight excluding hydrogens is 841 g/mol. The lowest BCUT2D eigenvalue weighted by atomic mass is 10.00. The standard InChI is InChI=1S/C63H38N6/c1-2-19-40(20-3-1)67-52-30-13-12-27-47(52)51-38-39-37-50(60(51)67)42-22-5-7-29-49(42)62-64-61(48-28-6-4-21-41(39)48)65-63(66-62)59-57(68-53-31-14-8-23-43(53)44-24-9-15-32-54(44)68)35-18-36-58(59)69-55-33-16-10-25-45(55)46-26-11-17-34-56(46)69/h1-38H. The largest absolute Gasteiger partial charge is 0.309 e. The van der Waals surface area contributed by atoms with E-state index in [1.807, 2.05) is 0 Å². The zero-order valence-corrected chi connectivity index (χ0v) is 37.1. The van der Waals surface area contributed by atoms with E-state index in [1.165, 1.54) is 32.3 Å². The molecule has 0 aliphatic heterocycles. The summed E-state index contributed by atoms with van der Waals surface area (Å²) in [5.41, 5.74) is 11.9. The fourth-order valence-electron chi connectivity index (χ4n) is 11.4. The minimum Gasteiger partial charge on any atom is -0.309 e. The zero-order chi connectivity index (χ0) is 45.2. The maximum Gasteiger partial charge on any atom is 0.168 e. The van der Waals surface area contributed by atoms with Crippen LogP contribution < -0.4 is 0 Å². The van der Waals surface area contributed by atoms with Gasteiger partial charge in [-0.1, -0.05) is 164 Å². The van der Waals surface area contributed by atoms with Crippen molar-refractivity contribution in [2.75, 3.05) is 0 Å². The Morgan fingerprint density at radius 2 is 0.623 bits per heavy atom. The third kappa shape index (κ3) is 5.45. The molecule has 0 radical (unpaired) electrons. The van der Waals surface area contributed by atoms with Crippen molar-refractivity contribution < 1.29 is 0 Å². The minimum atomic E-state index is 0.585. The predicted octanol–water partition coefficient (Wildman–Crippen LogP) is 16.0. The number of aromatic nitrogens is 6. The van der Waals surface area contributed by atoms with Gasteiger partial charge in [-0.25, -0.2) is 15.0 Å². The summed E-state index contributed by atoms with van der Waals surface area (Å²) in [5, 5.41) is 13.3. The first-order valence-corrected chi connectivity index (χ1v) is 23.5. The lowest BCUT2D eigenvalue weighted by Gasteiger charge is -2.19. The van der Waals surface area contributed by atoms with Crippen molar-refractivity contribution in [2.45, 2.75) is 0 Å². The number of rotatable bonds is 4. The summed E-state index contributed by atoms with van der Waals surface area (Å²) in [6, 6.07) is 82.8. The molecule has 0 unspecified atom stereocenters. The molecule has 0 N–H and O–H groups in total. The normalized spacial score (nSPS) is 12.1. The molecule has 0 aliphatic rings. The molecule has 0 saturated heterocycles. The average Bonchev–Trinajstić information content (AvgIpc) is 4.06. The Morgan fingerprint density at radius 3 is 1.12 bits per heavy atom. The van der Waals surface area contributed by atoms with E-state index in [0.29, 0.717) is 17.1 Å². The first-order valence-electron chi connectivity index (χ1n) is 23.5. The van der Waals surface area contributed by atoms with Crippen LogP contribution >= 0.6 is 0 Å². The van der Waals surface area contributed by atoms with Crippen molar-refractivity contribution in [3.05, 3.63) is 231 Å². The molecule has 5 heterocycles.